The minimum atomic E-state index is 0.255. The van der Waals surface area contributed by atoms with E-state index in [1.54, 1.807) is 19.4 Å². The number of ether oxygens (including phenoxy) is 1. The monoisotopic (exact) mass is 359 g/mol. The number of hydrogen-bond acceptors (Lipinski definition) is 4. The maximum atomic E-state index is 12.5. The molecule has 0 spiro atoms. The van der Waals surface area contributed by atoms with Gasteiger partial charge in [-0.05, 0) is 31.4 Å². The van der Waals surface area contributed by atoms with Crippen LogP contribution >= 0.6 is 0 Å². The van der Waals surface area contributed by atoms with Gasteiger partial charge in [-0.15, -0.1) is 0 Å². The van der Waals surface area contributed by atoms with Gasteiger partial charge in [-0.3, -0.25) is 14.8 Å². The molecular weight excluding hydrogens is 330 g/mol. The van der Waals surface area contributed by atoms with E-state index in [0.29, 0.717) is 19.1 Å². The topological polar surface area (TPSA) is 78.9 Å². The van der Waals surface area contributed by atoms with Gasteiger partial charge in [0.05, 0.1) is 12.7 Å². The summed E-state index contributed by atoms with van der Waals surface area (Å²) >= 11 is 0. The number of carbonyl (C=O) groups excluding carboxylic acids is 1. The van der Waals surface area contributed by atoms with Crippen LogP contribution in [0.1, 0.15) is 32.1 Å². The number of aliphatic imine (C=N–C) groups is 1. The first-order valence-electron chi connectivity index (χ1n) is 9.55. The first-order valence-corrected chi connectivity index (χ1v) is 9.55. The molecule has 7 nitrogen and oxygen atoms in total. The van der Waals surface area contributed by atoms with Crippen LogP contribution in [0, 0.1) is 5.92 Å². The van der Waals surface area contributed by atoms with Crippen molar-refractivity contribution in [1.29, 1.82) is 0 Å². The molecule has 1 saturated carbocycles. The molecule has 1 aromatic rings. The standard InChI is InChI=1S/C19H29N5O2/c1-20-19(22-10-12-26-17-7-4-9-21-13-17)23-16-8-11-24(14-16)18(25)15-5-2-3-6-15/h4,7,9,13,15-16H,2-3,5-6,8,10-12,14H2,1H3,(H2,20,22,23). The van der Waals surface area contributed by atoms with E-state index in [4.69, 9.17) is 4.74 Å². The molecule has 142 valence electrons. The molecule has 1 aliphatic heterocycles. The number of rotatable bonds is 6. The van der Waals surface area contributed by atoms with E-state index in [1.165, 1.54) is 12.8 Å². The van der Waals surface area contributed by atoms with Crippen molar-refractivity contribution in [3.63, 3.8) is 0 Å². The minimum Gasteiger partial charge on any atom is -0.490 e. The van der Waals surface area contributed by atoms with Crippen LogP contribution in [0.2, 0.25) is 0 Å². The Balaban J connectivity index is 1.36. The molecule has 0 bridgehead atoms. The molecule has 2 fully saturated rings. The van der Waals surface area contributed by atoms with Crippen molar-refractivity contribution in [2.45, 2.75) is 38.1 Å². The fraction of sp³-hybridized carbons (Fsp3) is 0.632. The Morgan fingerprint density at radius 3 is 2.96 bits per heavy atom. The molecule has 0 aromatic carbocycles. The van der Waals surface area contributed by atoms with Crippen LogP contribution in [0.25, 0.3) is 0 Å². The number of hydrogen-bond donors (Lipinski definition) is 2. The number of nitrogens with zero attached hydrogens (tertiary/aromatic N) is 3. The Kier molecular flexibility index (Phi) is 6.68. The third-order valence-electron chi connectivity index (χ3n) is 5.07. The number of guanidine groups is 1. The van der Waals surface area contributed by atoms with Crippen LogP contribution in [-0.4, -0.2) is 61.1 Å². The molecule has 2 aliphatic rings. The normalized spacial score (nSPS) is 21.0. The van der Waals surface area contributed by atoms with Crippen molar-refractivity contribution < 1.29 is 9.53 Å². The Bertz CT molecular complexity index is 601. The van der Waals surface area contributed by atoms with Crippen LogP contribution in [-0.2, 0) is 4.79 Å². The number of nitrogens with one attached hydrogen (secondary N) is 2. The van der Waals surface area contributed by atoms with Gasteiger partial charge >= 0.3 is 0 Å². The van der Waals surface area contributed by atoms with E-state index < -0.39 is 0 Å². The van der Waals surface area contributed by atoms with E-state index in [1.807, 2.05) is 17.0 Å². The lowest BCUT2D eigenvalue weighted by molar-refractivity contribution is -0.134. The van der Waals surface area contributed by atoms with Gasteiger partial charge in [0.25, 0.3) is 0 Å². The fourth-order valence-corrected chi connectivity index (χ4v) is 3.67. The second-order valence-electron chi connectivity index (χ2n) is 6.93. The maximum absolute atomic E-state index is 12.5. The van der Waals surface area contributed by atoms with E-state index in [-0.39, 0.29) is 12.0 Å². The van der Waals surface area contributed by atoms with Crippen molar-refractivity contribution >= 4 is 11.9 Å². The zero-order chi connectivity index (χ0) is 18.2. The molecule has 26 heavy (non-hydrogen) atoms. The van der Waals surface area contributed by atoms with Crippen molar-refractivity contribution in [3.05, 3.63) is 24.5 Å². The second kappa shape index (κ2) is 9.40. The van der Waals surface area contributed by atoms with E-state index in [9.17, 15) is 4.79 Å². The lowest BCUT2D eigenvalue weighted by atomic mass is 10.1. The van der Waals surface area contributed by atoms with Gasteiger partial charge in [0.15, 0.2) is 5.96 Å². The molecule has 3 rings (SSSR count). The van der Waals surface area contributed by atoms with Gasteiger partial charge in [-0.1, -0.05) is 12.8 Å². The molecule has 1 atom stereocenters. The molecule has 1 saturated heterocycles. The summed E-state index contributed by atoms with van der Waals surface area (Å²) in [5.41, 5.74) is 0. The molecule has 1 aliphatic carbocycles. The molecule has 2 heterocycles. The van der Waals surface area contributed by atoms with Crippen LogP contribution in [0.3, 0.4) is 0 Å². The summed E-state index contributed by atoms with van der Waals surface area (Å²) in [5, 5.41) is 6.67. The lowest BCUT2D eigenvalue weighted by Crippen LogP contribution is -2.46. The van der Waals surface area contributed by atoms with Gasteiger partial charge in [0.1, 0.15) is 12.4 Å². The highest BCUT2D eigenvalue weighted by atomic mass is 16.5. The van der Waals surface area contributed by atoms with Crippen LogP contribution < -0.4 is 15.4 Å². The van der Waals surface area contributed by atoms with Gasteiger partial charge in [-0.25, -0.2) is 0 Å². The minimum absolute atomic E-state index is 0.255. The summed E-state index contributed by atoms with van der Waals surface area (Å²) in [5.74, 6) is 2.12. The fourth-order valence-electron chi connectivity index (χ4n) is 3.67. The average Bonchev–Trinajstić information content (AvgIpc) is 3.36. The first-order chi connectivity index (χ1) is 12.8. The number of pyridine rings is 1. The summed E-state index contributed by atoms with van der Waals surface area (Å²) in [6.45, 7) is 2.78. The van der Waals surface area contributed by atoms with Gasteiger partial charge in [-0.2, -0.15) is 0 Å². The molecule has 0 radical (unpaired) electrons. The van der Waals surface area contributed by atoms with E-state index in [2.05, 4.69) is 20.6 Å². The SMILES string of the molecule is CN=C(NCCOc1cccnc1)NC1CCN(C(=O)C2CCCC2)C1. The van der Waals surface area contributed by atoms with Gasteiger partial charge in [0.2, 0.25) is 5.91 Å². The highest BCUT2D eigenvalue weighted by Crippen LogP contribution is 2.27. The number of carbonyl (C=O) groups is 1. The zero-order valence-electron chi connectivity index (χ0n) is 15.5. The van der Waals surface area contributed by atoms with Crippen molar-refractivity contribution in [3.8, 4) is 5.75 Å². The summed E-state index contributed by atoms with van der Waals surface area (Å²) in [7, 11) is 1.76. The van der Waals surface area contributed by atoms with Gasteiger partial charge < -0.3 is 20.3 Å². The maximum Gasteiger partial charge on any atom is 0.225 e. The Morgan fingerprint density at radius 1 is 1.38 bits per heavy atom. The van der Waals surface area contributed by atoms with E-state index >= 15 is 0 Å². The van der Waals surface area contributed by atoms with Crippen molar-refractivity contribution in [2.75, 3.05) is 33.3 Å². The first kappa shape index (κ1) is 18.5. The van der Waals surface area contributed by atoms with E-state index in [0.717, 1.165) is 44.1 Å². The number of likely N-dealkylation sites (tertiary alicyclic amines) is 1. The Labute approximate surface area is 155 Å². The summed E-state index contributed by atoms with van der Waals surface area (Å²) in [4.78, 5) is 22.8. The molecule has 1 amide bonds. The molecule has 2 N–H and O–H groups in total. The average molecular weight is 359 g/mol. The highest BCUT2D eigenvalue weighted by molar-refractivity contribution is 5.81. The second-order valence-corrected chi connectivity index (χ2v) is 6.93. The predicted molar refractivity (Wildman–Crippen MR) is 101 cm³/mol. The Morgan fingerprint density at radius 2 is 2.23 bits per heavy atom. The largest absolute Gasteiger partial charge is 0.490 e. The number of amides is 1. The molecular formula is C19H29N5O2. The lowest BCUT2D eigenvalue weighted by Gasteiger charge is -2.21. The summed E-state index contributed by atoms with van der Waals surface area (Å²) in [6, 6.07) is 3.99. The van der Waals surface area contributed by atoms with Crippen LogP contribution in [0.15, 0.2) is 29.5 Å². The Hall–Kier alpha value is -2.31. The van der Waals surface area contributed by atoms with Gasteiger partial charge in [0, 0.05) is 38.3 Å². The quantitative estimate of drug-likeness (QED) is 0.456. The highest BCUT2D eigenvalue weighted by Gasteiger charge is 2.32. The van der Waals surface area contributed by atoms with Crippen molar-refractivity contribution in [2.24, 2.45) is 10.9 Å². The van der Waals surface area contributed by atoms with Crippen LogP contribution in [0.4, 0.5) is 0 Å². The third-order valence-corrected chi connectivity index (χ3v) is 5.07. The smallest absolute Gasteiger partial charge is 0.225 e. The van der Waals surface area contributed by atoms with Crippen LogP contribution in [0.5, 0.6) is 5.75 Å². The molecule has 1 unspecified atom stereocenters. The molecule has 1 aromatic heterocycles. The number of aromatic nitrogens is 1. The third kappa shape index (κ3) is 5.09. The molecule has 7 heteroatoms. The summed E-state index contributed by atoms with van der Waals surface area (Å²) in [6.07, 6.45) is 8.90. The summed E-state index contributed by atoms with van der Waals surface area (Å²) < 4.78 is 5.62. The van der Waals surface area contributed by atoms with Crippen molar-refractivity contribution in [1.82, 2.24) is 20.5 Å². The predicted octanol–water partition coefficient (Wildman–Crippen LogP) is 1.42. The zero-order valence-corrected chi connectivity index (χ0v) is 15.5.